The molecule has 0 saturated heterocycles. The first-order valence-electron chi connectivity index (χ1n) is 6.83. The number of H-pyrrole nitrogens is 1. The highest BCUT2D eigenvalue weighted by Gasteiger charge is 2.11. The fraction of sp³-hybridized carbons (Fsp3) is 0.333. The van der Waals surface area contributed by atoms with Crippen molar-refractivity contribution in [2.75, 3.05) is 5.32 Å². The Bertz CT molecular complexity index is 723. The largest absolute Gasteiger partial charge is 0.379 e. The number of anilines is 1. The van der Waals surface area contributed by atoms with Crippen LogP contribution in [0.4, 0.5) is 5.69 Å². The van der Waals surface area contributed by atoms with Gasteiger partial charge in [-0.1, -0.05) is 26.0 Å². The Morgan fingerprint density at radius 2 is 2.20 bits per heavy atom. The van der Waals surface area contributed by atoms with E-state index in [9.17, 15) is 0 Å². The molecule has 5 nitrogen and oxygen atoms in total. The SMILES string of the molecule is CC(C)c1nn(C)cc1CNc1cccc2cn[nH]c12. The maximum absolute atomic E-state index is 4.53. The van der Waals surface area contributed by atoms with Gasteiger partial charge in [-0.2, -0.15) is 10.2 Å². The van der Waals surface area contributed by atoms with Gasteiger partial charge >= 0.3 is 0 Å². The van der Waals surface area contributed by atoms with Crippen LogP contribution in [0.1, 0.15) is 31.0 Å². The molecular weight excluding hydrogens is 250 g/mol. The van der Waals surface area contributed by atoms with Crippen molar-refractivity contribution < 1.29 is 0 Å². The molecule has 0 atom stereocenters. The fourth-order valence-electron chi connectivity index (χ4n) is 2.48. The van der Waals surface area contributed by atoms with Crippen LogP contribution < -0.4 is 5.32 Å². The van der Waals surface area contributed by atoms with Gasteiger partial charge < -0.3 is 5.32 Å². The van der Waals surface area contributed by atoms with E-state index in [1.807, 2.05) is 30.1 Å². The number of hydrogen-bond donors (Lipinski definition) is 2. The minimum absolute atomic E-state index is 0.427. The predicted octanol–water partition coefficient (Wildman–Crippen LogP) is 3.03. The fourth-order valence-corrected chi connectivity index (χ4v) is 2.48. The number of hydrogen-bond acceptors (Lipinski definition) is 3. The van der Waals surface area contributed by atoms with Crippen molar-refractivity contribution in [1.29, 1.82) is 0 Å². The van der Waals surface area contributed by atoms with E-state index in [0.717, 1.165) is 28.8 Å². The molecule has 0 aliphatic rings. The highest BCUT2D eigenvalue weighted by molar-refractivity contribution is 5.89. The summed E-state index contributed by atoms with van der Waals surface area (Å²) in [5.41, 5.74) is 4.50. The summed E-state index contributed by atoms with van der Waals surface area (Å²) >= 11 is 0. The zero-order valence-corrected chi connectivity index (χ0v) is 12.0. The molecule has 0 spiro atoms. The van der Waals surface area contributed by atoms with E-state index in [4.69, 9.17) is 0 Å². The minimum Gasteiger partial charge on any atom is -0.379 e. The number of benzene rings is 1. The lowest BCUT2D eigenvalue weighted by Gasteiger charge is -2.09. The van der Waals surface area contributed by atoms with Crippen molar-refractivity contribution in [3.05, 3.63) is 41.9 Å². The van der Waals surface area contributed by atoms with Crippen molar-refractivity contribution in [3.63, 3.8) is 0 Å². The Kier molecular flexibility index (Phi) is 3.18. The van der Waals surface area contributed by atoms with Crippen LogP contribution in [0.25, 0.3) is 10.9 Å². The molecule has 20 heavy (non-hydrogen) atoms. The van der Waals surface area contributed by atoms with Gasteiger partial charge in [-0.15, -0.1) is 0 Å². The van der Waals surface area contributed by atoms with Crippen LogP contribution in [0.2, 0.25) is 0 Å². The molecule has 3 aromatic rings. The second-order valence-corrected chi connectivity index (χ2v) is 5.36. The lowest BCUT2D eigenvalue weighted by molar-refractivity contribution is 0.712. The molecule has 0 saturated carbocycles. The molecule has 0 radical (unpaired) electrons. The van der Waals surface area contributed by atoms with Gasteiger partial charge in [-0.25, -0.2) is 0 Å². The van der Waals surface area contributed by atoms with E-state index in [0.29, 0.717) is 5.92 Å². The van der Waals surface area contributed by atoms with Crippen molar-refractivity contribution >= 4 is 16.6 Å². The molecule has 0 bridgehead atoms. The number of nitrogens with one attached hydrogen (secondary N) is 2. The summed E-state index contributed by atoms with van der Waals surface area (Å²) in [5, 5.41) is 16.2. The zero-order chi connectivity index (χ0) is 14.1. The predicted molar refractivity (Wildman–Crippen MR) is 80.7 cm³/mol. The van der Waals surface area contributed by atoms with Gasteiger partial charge in [0.1, 0.15) is 0 Å². The molecule has 2 N–H and O–H groups in total. The van der Waals surface area contributed by atoms with Gasteiger partial charge in [0.25, 0.3) is 0 Å². The topological polar surface area (TPSA) is 58.5 Å². The summed E-state index contributed by atoms with van der Waals surface area (Å²) in [6.45, 7) is 5.10. The molecular formula is C15H19N5. The highest BCUT2D eigenvalue weighted by atomic mass is 15.3. The maximum atomic E-state index is 4.53. The van der Waals surface area contributed by atoms with Crippen molar-refractivity contribution in [2.24, 2.45) is 7.05 Å². The Hall–Kier alpha value is -2.30. The smallest absolute Gasteiger partial charge is 0.0881 e. The van der Waals surface area contributed by atoms with Gasteiger partial charge in [0.05, 0.1) is 23.1 Å². The molecule has 5 heteroatoms. The summed E-state index contributed by atoms with van der Waals surface area (Å²) in [5.74, 6) is 0.427. The van der Waals surface area contributed by atoms with Gasteiger partial charge in [0.15, 0.2) is 0 Å². The van der Waals surface area contributed by atoms with Gasteiger partial charge in [0, 0.05) is 30.7 Å². The number of aromatic amines is 1. The highest BCUT2D eigenvalue weighted by Crippen LogP contribution is 2.23. The molecule has 0 fully saturated rings. The van der Waals surface area contributed by atoms with Gasteiger partial charge in [-0.05, 0) is 12.0 Å². The van der Waals surface area contributed by atoms with E-state index in [1.54, 1.807) is 0 Å². The standard InChI is InChI=1S/C15H19N5/c1-10(2)14-12(9-20(3)19-14)7-16-13-6-4-5-11-8-17-18-15(11)13/h4-6,8-10,16H,7H2,1-3H3,(H,17,18). The minimum atomic E-state index is 0.427. The number of fused-ring (bicyclic) bond motifs is 1. The van der Waals surface area contributed by atoms with Gasteiger partial charge in [0.2, 0.25) is 0 Å². The van der Waals surface area contributed by atoms with Crippen LogP contribution in [0.15, 0.2) is 30.6 Å². The normalized spacial score (nSPS) is 11.4. The monoisotopic (exact) mass is 269 g/mol. The Morgan fingerprint density at radius 3 is 3.00 bits per heavy atom. The average molecular weight is 269 g/mol. The van der Waals surface area contributed by atoms with E-state index < -0.39 is 0 Å². The summed E-state index contributed by atoms with van der Waals surface area (Å²) in [6, 6.07) is 6.15. The van der Waals surface area contributed by atoms with E-state index in [1.165, 1.54) is 5.56 Å². The lowest BCUT2D eigenvalue weighted by atomic mass is 10.1. The molecule has 2 aromatic heterocycles. The molecule has 0 amide bonds. The molecule has 3 rings (SSSR count). The second-order valence-electron chi connectivity index (χ2n) is 5.36. The van der Waals surface area contributed by atoms with Crippen LogP contribution >= 0.6 is 0 Å². The number of nitrogens with zero attached hydrogens (tertiary/aromatic N) is 3. The van der Waals surface area contributed by atoms with Crippen LogP contribution in [0.5, 0.6) is 0 Å². The lowest BCUT2D eigenvalue weighted by Crippen LogP contribution is -2.03. The number of para-hydroxylation sites is 1. The third-order valence-electron chi connectivity index (χ3n) is 3.43. The van der Waals surface area contributed by atoms with E-state index >= 15 is 0 Å². The molecule has 1 aromatic carbocycles. The summed E-state index contributed by atoms with van der Waals surface area (Å²) in [7, 11) is 1.96. The Morgan fingerprint density at radius 1 is 1.35 bits per heavy atom. The number of rotatable bonds is 4. The summed E-state index contributed by atoms with van der Waals surface area (Å²) in [6.07, 6.45) is 3.92. The van der Waals surface area contributed by atoms with Crippen molar-refractivity contribution in [1.82, 2.24) is 20.0 Å². The molecule has 0 unspecified atom stereocenters. The van der Waals surface area contributed by atoms with Crippen molar-refractivity contribution in [2.45, 2.75) is 26.3 Å². The zero-order valence-electron chi connectivity index (χ0n) is 12.0. The Labute approximate surface area is 118 Å². The van der Waals surface area contributed by atoms with Crippen LogP contribution in [-0.2, 0) is 13.6 Å². The summed E-state index contributed by atoms with van der Waals surface area (Å²) < 4.78 is 1.88. The average Bonchev–Trinajstić information content (AvgIpc) is 3.02. The maximum Gasteiger partial charge on any atom is 0.0881 e. The summed E-state index contributed by atoms with van der Waals surface area (Å²) in [4.78, 5) is 0. The Balaban J connectivity index is 1.85. The van der Waals surface area contributed by atoms with Crippen molar-refractivity contribution in [3.8, 4) is 0 Å². The van der Waals surface area contributed by atoms with Crippen LogP contribution in [0.3, 0.4) is 0 Å². The van der Waals surface area contributed by atoms with Gasteiger partial charge in [-0.3, -0.25) is 9.78 Å². The first-order valence-corrected chi connectivity index (χ1v) is 6.83. The first kappa shape index (κ1) is 12.7. The van der Waals surface area contributed by atoms with Crippen LogP contribution in [-0.4, -0.2) is 20.0 Å². The molecule has 0 aliphatic carbocycles. The third-order valence-corrected chi connectivity index (χ3v) is 3.43. The van der Waals surface area contributed by atoms with E-state index in [-0.39, 0.29) is 0 Å². The quantitative estimate of drug-likeness (QED) is 0.765. The number of aromatic nitrogens is 4. The van der Waals surface area contributed by atoms with E-state index in [2.05, 4.69) is 46.7 Å². The molecule has 0 aliphatic heterocycles. The first-order chi connectivity index (χ1) is 9.65. The molecule has 2 heterocycles. The third kappa shape index (κ3) is 2.27. The van der Waals surface area contributed by atoms with Crippen LogP contribution in [0, 0.1) is 0 Å². The number of aryl methyl sites for hydroxylation is 1. The second kappa shape index (κ2) is 5.00. The molecule has 104 valence electrons.